The van der Waals surface area contributed by atoms with Crippen molar-refractivity contribution >= 4 is 12.4 Å². The van der Waals surface area contributed by atoms with Crippen LogP contribution in [0.3, 0.4) is 0 Å². The molecule has 0 aliphatic heterocycles. The molecule has 0 bridgehead atoms. The molecular weight excluding hydrogens is 160 g/mol. The van der Waals surface area contributed by atoms with Crippen LogP contribution in [0, 0.1) is 0 Å². The van der Waals surface area contributed by atoms with Crippen LogP contribution in [0.5, 0.6) is 0 Å². The average Bonchev–Trinajstić information content (AvgIpc) is 1.87. The standard InChI is InChI=1S/C4H11NO3.ClH.H3N/c5-4(1-6,2-7)3-8;;/h6-8H,1-3,5H2;1H;1H3. The van der Waals surface area contributed by atoms with Crippen molar-refractivity contribution in [3.63, 3.8) is 0 Å². The van der Waals surface area contributed by atoms with Gasteiger partial charge in [-0.05, 0) is 0 Å². The first kappa shape index (κ1) is 16.6. The Bertz CT molecular complexity index is 61.3. The molecule has 5 nitrogen and oxygen atoms in total. The second-order valence-corrected chi connectivity index (χ2v) is 1.84. The molecule has 0 saturated carbocycles. The van der Waals surface area contributed by atoms with Gasteiger partial charge in [0.1, 0.15) is 0 Å². The van der Waals surface area contributed by atoms with Gasteiger partial charge in [0.25, 0.3) is 0 Å². The first-order valence-electron chi connectivity index (χ1n) is 2.30. The van der Waals surface area contributed by atoms with E-state index in [0.717, 1.165) is 0 Å². The van der Waals surface area contributed by atoms with Crippen LogP contribution in [0.15, 0.2) is 0 Å². The second kappa shape index (κ2) is 7.20. The van der Waals surface area contributed by atoms with E-state index < -0.39 is 25.4 Å². The lowest BCUT2D eigenvalue weighted by Gasteiger charge is -2.20. The molecule has 0 amide bonds. The van der Waals surface area contributed by atoms with Crippen molar-refractivity contribution in [2.75, 3.05) is 19.8 Å². The highest BCUT2D eigenvalue weighted by Gasteiger charge is 2.20. The highest BCUT2D eigenvalue weighted by atomic mass is 35.5. The van der Waals surface area contributed by atoms with E-state index in [1.807, 2.05) is 0 Å². The van der Waals surface area contributed by atoms with Crippen molar-refractivity contribution in [1.82, 2.24) is 6.15 Å². The van der Waals surface area contributed by atoms with Gasteiger partial charge < -0.3 is 27.2 Å². The van der Waals surface area contributed by atoms with Crippen molar-refractivity contribution in [2.45, 2.75) is 5.54 Å². The van der Waals surface area contributed by atoms with Crippen LogP contribution < -0.4 is 11.9 Å². The normalized spacial score (nSPS) is 9.60. The fourth-order valence-corrected chi connectivity index (χ4v) is 0.150. The molecule has 10 heavy (non-hydrogen) atoms. The minimum absolute atomic E-state index is 0. The number of rotatable bonds is 3. The topological polar surface area (TPSA) is 122 Å². The molecule has 0 saturated heterocycles. The molecule has 0 aromatic rings. The second-order valence-electron chi connectivity index (χ2n) is 1.84. The van der Waals surface area contributed by atoms with Crippen molar-refractivity contribution in [3.05, 3.63) is 0 Å². The highest BCUT2D eigenvalue weighted by molar-refractivity contribution is 5.85. The van der Waals surface area contributed by atoms with Crippen LogP contribution in [0.1, 0.15) is 0 Å². The zero-order chi connectivity index (χ0) is 6.62. The molecule has 0 aromatic heterocycles. The molecule has 0 rings (SSSR count). The molecular formula is C4H15ClN2O3. The van der Waals surface area contributed by atoms with Gasteiger partial charge >= 0.3 is 0 Å². The zero-order valence-electron chi connectivity index (χ0n) is 5.66. The van der Waals surface area contributed by atoms with E-state index in [-0.39, 0.29) is 18.6 Å². The number of aliphatic hydroxyl groups excluding tert-OH is 3. The Morgan fingerprint density at radius 2 is 1.20 bits per heavy atom. The summed E-state index contributed by atoms with van der Waals surface area (Å²) >= 11 is 0. The Kier molecular flexibility index (Phi) is 11.9. The SMILES string of the molecule is Cl.N.NC(CO)(CO)CO. The van der Waals surface area contributed by atoms with Gasteiger partial charge in [-0.1, -0.05) is 0 Å². The third-order valence-corrected chi connectivity index (χ3v) is 0.945. The summed E-state index contributed by atoms with van der Waals surface area (Å²) < 4.78 is 0. The summed E-state index contributed by atoms with van der Waals surface area (Å²) in [4.78, 5) is 0. The van der Waals surface area contributed by atoms with Crippen LogP contribution in [-0.4, -0.2) is 40.7 Å². The number of hydrogen-bond acceptors (Lipinski definition) is 5. The summed E-state index contributed by atoms with van der Waals surface area (Å²) in [7, 11) is 0. The molecule has 0 heterocycles. The van der Waals surface area contributed by atoms with Gasteiger partial charge in [0.05, 0.1) is 25.4 Å². The molecule has 0 aromatic carbocycles. The fourth-order valence-electron chi connectivity index (χ4n) is 0.150. The van der Waals surface area contributed by atoms with Gasteiger partial charge in [-0.25, -0.2) is 0 Å². The van der Waals surface area contributed by atoms with Crippen LogP contribution in [0.2, 0.25) is 0 Å². The van der Waals surface area contributed by atoms with E-state index in [9.17, 15) is 0 Å². The highest BCUT2D eigenvalue weighted by Crippen LogP contribution is 1.93. The Balaban J connectivity index is -0.000000245. The average molecular weight is 175 g/mol. The number of halogens is 1. The Morgan fingerprint density at radius 1 is 1.00 bits per heavy atom. The van der Waals surface area contributed by atoms with Gasteiger partial charge in [-0.15, -0.1) is 12.4 Å². The predicted octanol–water partition coefficient (Wildman–Crippen LogP) is -1.76. The maximum atomic E-state index is 8.34. The minimum Gasteiger partial charge on any atom is -0.394 e. The first-order valence-corrected chi connectivity index (χ1v) is 2.30. The third kappa shape index (κ3) is 4.92. The number of nitrogens with two attached hydrogens (primary N) is 1. The summed E-state index contributed by atoms with van der Waals surface area (Å²) in [5.74, 6) is 0. The van der Waals surface area contributed by atoms with Crippen LogP contribution in [0.4, 0.5) is 0 Å². The van der Waals surface area contributed by atoms with Crippen molar-refractivity contribution in [1.29, 1.82) is 0 Å². The zero-order valence-corrected chi connectivity index (χ0v) is 6.47. The minimum atomic E-state index is -1.21. The lowest BCUT2D eigenvalue weighted by atomic mass is 10.1. The Morgan fingerprint density at radius 3 is 1.20 bits per heavy atom. The largest absolute Gasteiger partial charge is 0.394 e. The first-order chi connectivity index (χ1) is 3.68. The Labute approximate surface area is 65.8 Å². The van der Waals surface area contributed by atoms with Gasteiger partial charge in [-0.3, -0.25) is 0 Å². The maximum absolute atomic E-state index is 8.34. The van der Waals surface area contributed by atoms with E-state index >= 15 is 0 Å². The molecule has 0 fully saturated rings. The lowest BCUT2D eigenvalue weighted by Crippen LogP contribution is -2.50. The molecule has 0 radical (unpaired) electrons. The summed E-state index contributed by atoms with van der Waals surface area (Å²) in [5.41, 5.74) is 3.94. The molecule has 0 aliphatic rings. The lowest BCUT2D eigenvalue weighted by molar-refractivity contribution is 0.0698. The van der Waals surface area contributed by atoms with Crippen molar-refractivity contribution in [2.24, 2.45) is 5.73 Å². The monoisotopic (exact) mass is 174 g/mol. The van der Waals surface area contributed by atoms with E-state index in [2.05, 4.69) is 0 Å². The van der Waals surface area contributed by atoms with E-state index in [1.54, 1.807) is 0 Å². The summed E-state index contributed by atoms with van der Waals surface area (Å²) in [6.45, 7) is -1.21. The van der Waals surface area contributed by atoms with E-state index in [4.69, 9.17) is 21.1 Å². The van der Waals surface area contributed by atoms with Gasteiger partial charge in [0.15, 0.2) is 0 Å². The van der Waals surface area contributed by atoms with Gasteiger partial charge in [-0.2, -0.15) is 0 Å². The van der Waals surface area contributed by atoms with Gasteiger partial charge in [0, 0.05) is 0 Å². The van der Waals surface area contributed by atoms with Crippen molar-refractivity contribution in [3.8, 4) is 0 Å². The van der Waals surface area contributed by atoms with Gasteiger partial charge in [0.2, 0.25) is 0 Å². The molecule has 8 N–H and O–H groups in total. The summed E-state index contributed by atoms with van der Waals surface area (Å²) in [5, 5.41) is 25.0. The molecule has 0 spiro atoms. The third-order valence-electron chi connectivity index (χ3n) is 0.945. The molecule has 0 aliphatic carbocycles. The van der Waals surface area contributed by atoms with E-state index in [0.29, 0.717) is 0 Å². The quantitative estimate of drug-likeness (QED) is 0.347. The van der Waals surface area contributed by atoms with Crippen molar-refractivity contribution < 1.29 is 15.3 Å². The van der Waals surface area contributed by atoms with Crippen LogP contribution >= 0.6 is 12.4 Å². The maximum Gasteiger partial charge on any atom is 0.0856 e. The molecule has 0 unspecified atom stereocenters. The number of aliphatic hydroxyl groups is 3. The molecule has 0 atom stereocenters. The smallest absolute Gasteiger partial charge is 0.0856 e. The van der Waals surface area contributed by atoms with E-state index in [1.165, 1.54) is 0 Å². The number of hydrogen-bond donors (Lipinski definition) is 5. The summed E-state index contributed by atoms with van der Waals surface area (Å²) in [6.07, 6.45) is 0. The van der Waals surface area contributed by atoms with Crippen LogP contribution in [-0.2, 0) is 0 Å². The summed E-state index contributed by atoms with van der Waals surface area (Å²) in [6, 6.07) is 0. The fraction of sp³-hybridized carbons (Fsp3) is 1.00. The predicted molar refractivity (Wildman–Crippen MR) is 40.4 cm³/mol. The Hall–Kier alpha value is 0.0900. The molecule has 6 heteroatoms. The van der Waals surface area contributed by atoms with Crippen LogP contribution in [0.25, 0.3) is 0 Å². The molecule has 66 valence electrons.